The molecule has 6 nitrogen and oxygen atoms in total. The Hall–Kier alpha value is -1.46. The minimum Gasteiger partial charge on any atom is -0.481 e. The average Bonchev–Trinajstić information content (AvgIpc) is 2.80. The first-order valence-corrected chi connectivity index (χ1v) is 6.62. The van der Waals surface area contributed by atoms with Crippen LogP contribution >= 0.6 is 0 Å². The monoisotopic (exact) mass is 250 g/mol. The van der Waals surface area contributed by atoms with Crippen molar-refractivity contribution < 1.29 is 9.90 Å². The summed E-state index contributed by atoms with van der Waals surface area (Å²) in [5, 5.41) is 21.3. The van der Waals surface area contributed by atoms with Crippen molar-refractivity contribution in [2.24, 2.45) is 11.3 Å². The van der Waals surface area contributed by atoms with E-state index in [9.17, 15) is 9.90 Å². The molecule has 0 saturated heterocycles. The molecule has 0 spiro atoms. The number of aromatic nitrogens is 4. The molecule has 1 N–H and O–H groups in total. The highest BCUT2D eigenvalue weighted by atomic mass is 16.4. The summed E-state index contributed by atoms with van der Waals surface area (Å²) in [6, 6.07) is 0. The van der Waals surface area contributed by atoms with Crippen molar-refractivity contribution >= 4 is 5.97 Å². The summed E-state index contributed by atoms with van der Waals surface area (Å²) in [5.74, 6) is 1.21. The van der Waals surface area contributed by atoms with Gasteiger partial charge in [0, 0.05) is 5.92 Å². The van der Waals surface area contributed by atoms with Gasteiger partial charge < -0.3 is 5.11 Å². The molecule has 18 heavy (non-hydrogen) atoms. The van der Waals surface area contributed by atoms with Crippen LogP contribution in [0.3, 0.4) is 0 Å². The van der Waals surface area contributed by atoms with Gasteiger partial charge in [-0.3, -0.25) is 4.79 Å². The Bertz CT molecular complexity index is 464. The number of hydrogen-bond acceptors (Lipinski definition) is 4. The molecule has 0 radical (unpaired) electrons. The molecule has 6 heteroatoms. The first-order valence-electron chi connectivity index (χ1n) is 6.62. The van der Waals surface area contributed by atoms with Crippen LogP contribution in [0.25, 0.3) is 0 Å². The number of carboxylic acid groups (broad SMARTS) is 1. The highest BCUT2D eigenvalue weighted by Gasteiger charge is 2.44. The van der Waals surface area contributed by atoms with Gasteiger partial charge in [-0.1, -0.05) is 19.8 Å². The molecule has 2 aliphatic carbocycles. The lowest BCUT2D eigenvalue weighted by Crippen LogP contribution is -2.33. The SMILES string of the molecule is CC1CC1c1nnnn1CC1(C(=O)O)CCCC1. The number of carbonyl (C=O) groups is 1. The molecule has 1 aromatic rings. The third-order valence-electron chi connectivity index (χ3n) is 4.47. The Labute approximate surface area is 105 Å². The van der Waals surface area contributed by atoms with Crippen molar-refractivity contribution in [1.29, 1.82) is 0 Å². The van der Waals surface area contributed by atoms with Gasteiger partial charge in [0.25, 0.3) is 0 Å². The highest BCUT2D eigenvalue weighted by molar-refractivity contribution is 5.74. The van der Waals surface area contributed by atoms with E-state index in [-0.39, 0.29) is 0 Å². The Morgan fingerprint density at radius 3 is 2.72 bits per heavy atom. The zero-order chi connectivity index (χ0) is 12.8. The van der Waals surface area contributed by atoms with E-state index >= 15 is 0 Å². The fourth-order valence-electron chi connectivity index (χ4n) is 3.05. The fourth-order valence-corrected chi connectivity index (χ4v) is 3.05. The molecule has 2 saturated carbocycles. The van der Waals surface area contributed by atoms with Gasteiger partial charge in [0.05, 0.1) is 12.0 Å². The van der Waals surface area contributed by atoms with Gasteiger partial charge in [0.1, 0.15) is 0 Å². The maximum atomic E-state index is 11.5. The van der Waals surface area contributed by atoms with E-state index in [0.29, 0.717) is 18.4 Å². The number of carboxylic acids is 1. The first-order chi connectivity index (χ1) is 8.62. The smallest absolute Gasteiger partial charge is 0.311 e. The van der Waals surface area contributed by atoms with Crippen LogP contribution in [0.1, 0.15) is 50.8 Å². The van der Waals surface area contributed by atoms with Crippen LogP contribution < -0.4 is 0 Å². The zero-order valence-electron chi connectivity index (χ0n) is 10.5. The summed E-state index contributed by atoms with van der Waals surface area (Å²) in [6.07, 6.45) is 4.57. The molecule has 0 aromatic carbocycles. The molecule has 2 aliphatic rings. The van der Waals surface area contributed by atoms with Gasteiger partial charge in [-0.25, -0.2) is 4.68 Å². The highest BCUT2D eigenvalue weighted by Crippen LogP contribution is 2.47. The maximum Gasteiger partial charge on any atom is 0.311 e. The Kier molecular flexibility index (Phi) is 2.60. The van der Waals surface area contributed by atoms with E-state index in [1.807, 2.05) is 0 Å². The Morgan fingerprint density at radius 1 is 1.50 bits per heavy atom. The van der Waals surface area contributed by atoms with Crippen LogP contribution in [0.4, 0.5) is 0 Å². The largest absolute Gasteiger partial charge is 0.481 e. The van der Waals surface area contributed by atoms with E-state index < -0.39 is 11.4 Å². The minimum atomic E-state index is -0.703. The molecule has 0 amide bonds. The molecule has 98 valence electrons. The molecule has 1 aromatic heterocycles. The van der Waals surface area contributed by atoms with Crippen molar-refractivity contribution in [2.75, 3.05) is 0 Å². The topological polar surface area (TPSA) is 80.9 Å². The molecule has 1 heterocycles. The van der Waals surface area contributed by atoms with E-state index in [1.54, 1.807) is 4.68 Å². The van der Waals surface area contributed by atoms with Crippen molar-refractivity contribution in [3.05, 3.63) is 5.82 Å². The van der Waals surface area contributed by atoms with Gasteiger partial charge in [-0.2, -0.15) is 0 Å². The van der Waals surface area contributed by atoms with Crippen molar-refractivity contribution in [2.45, 2.75) is 51.5 Å². The van der Waals surface area contributed by atoms with E-state index in [1.165, 1.54) is 0 Å². The fraction of sp³-hybridized carbons (Fsp3) is 0.833. The minimum absolute atomic E-state index is 0.423. The van der Waals surface area contributed by atoms with Gasteiger partial charge >= 0.3 is 5.97 Å². The molecule has 0 bridgehead atoms. The lowest BCUT2D eigenvalue weighted by Gasteiger charge is -2.23. The average molecular weight is 250 g/mol. The van der Waals surface area contributed by atoms with Gasteiger partial charge in [-0.15, -0.1) is 5.10 Å². The van der Waals surface area contributed by atoms with E-state index in [4.69, 9.17) is 0 Å². The molecular weight excluding hydrogens is 232 g/mol. The van der Waals surface area contributed by atoms with Gasteiger partial charge in [0.15, 0.2) is 5.82 Å². The maximum absolute atomic E-state index is 11.5. The second-order valence-corrected chi connectivity index (χ2v) is 5.81. The Morgan fingerprint density at radius 2 is 2.17 bits per heavy atom. The number of aliphatic carboxylic acids is 1. The summed E-state index contributed by atoms with van der Waals surface area (Å²) >= 11 is 0. The molecule has 3 rings (SSSR count). The Balaban J connectivity index is 1.83. The summed E-state index contributed by atoms with van der Waals surface area (Å²) in [6.45, 7) is 2.60. The quantitative estimate of drug-likeness (QED) is 0.874. The number of rotatable bonds is 4. The van der Waals surface area contributed by atoms with E-state index in [0.717, 1.165) is 37.9 Å². The van der Waals surface area contributed by atoms with Gasteiger partial charge in [-0.05, 0) is 35.6 Å². The van der Waals surface area contributed by atoms with Crippen molar-refractivity contribution in [3.63, 3.8) is 0 Å². The molecule has 0 aliphatic heterocycles. The van der Waals surface area contributed by atoms with Crippen molar-refractivity contribution in [3.8, 4) is 0 Å². The number of tetrazole rings is 1. The van der Waals surface area contributed by atoms with Crippen LogP contribution in [0.2, 0.25) is 0 Å². The normalized spacial score (nSPS) is 29.4. The summed E-state index contributed by atoms with van der Waals surface area (Å²) in [5.41, 5.74) is -0.651. The first kappa shape index (κ1) is 11.6. The number of nitrogens with zero attached hydrogens (tertiary/aromatic N) is 4. The van der Waals surface area contributed by atoms with Gasteiger partial charge in [0.2, 0.25) is 0 Å². The molecule has 2 unspecified atom stereocenters. The predicted molar refractivity (Wildman–Crippen MR) is 62.9 cm³/mol. The van der Waals surface area contributed by atoms with Crippen LogP contribution in [-0.4, -0.2) is 31.3 Å². The van der Waals surface area contributed by atoms with Crippen LogP contribution in [0.15, 0.2) is 0 Å². The van der Waals surface area contributed by atoms with Crippen LogP contribution in [-0.2, 0) is 11.3 Å². The third kappa shape index (κ3) is 1.79. The predicted octanol–water partition coefficient (Wildman–Crippen LogP) is 1.44. The third-order valence-corrected chi connectivity index (χ3v) is 4.47. The summed E-state index contributed by atoms with van der Waals surface area (Å²) in [4.78, 5) is 11.5. The number of hydrogen-bond donors (Lipinski definition) is 1. The van der Waals surface area contributed by atoms with Crippen LogP contribution in [0, 0.1) is 11.3 Å². The second-order valence-electron chi connectivity index (χ2n) is 5.81. The standard InChI is InChI=1S/C12H18N4O2/c1-8-6-9(8)10-13-14-15-16(10)7-12(11(17)18)4-2-3-5-12/h8-9H,2-7H2,1H3,(H,17,18). The second kappa shape index (κ2) is 4.03. The zero-order valence-corrected chi connectivity index (χ0v) is 10.5. The summed E-state index contributed by atoms with van der Waals surface area (Å²) in [7, 11) is 0. The lowest BCUT2D eigenvalue weighted by atomic mass is 9.86. The molecular formula is C12H18N4O2. The molecule has 2 atom stereocenters. The summed E-state index contributed by atoms with van der Waals surface area (Å²) < 4.78 is 1.73. The van der Waals surface area contributed by atoms with E-state index in [2.05, 4.69) is 22.4 Å². The lowest BCUT2D eigenvalue weighted by molar-refractivity contribution is -0.149. The van der Waals surface area contributed by atoms with Crippen LogP contribution in [0.5, 0.6) is 0 Å². The van der Waals surface area contributed by atoms with Crippen molar-refractivity contribution in [1.82, 2.24) is 20.2 Å². The molecule has 2 fully saturated rings.